The molecule has 0 radical (unpaired) electrons. The summed E-state index contributed by atoms with van der Waals surface area (Å²) in [6, 6.07) is 7.26. The van der Waals surface area contributed by atoms with Crippen molar-refractivity contribution in [2.45, 2.75) is 6.92 Å². The van der Waals surface area contributed by atoms with E-state index in [0.29, 0.717) is 6.61 Å². The van der Waals surface area contributed by atoms with E-state index >= 15 is 0 Å². The van der Waals surface area contributed by atoms with Crippen molar-refractivity contribution in [3.63, 3.8) is 0 Å². The Morgan fingerprint density at radius 1 is 1.46 bits per heavy atom. The van der Waals surface area contributed by atoms with Gasteiger partial charge in [0.25, 0.3) is 0 Å². The predicted molar refractivity (Wildman–Crippen MR) is 50.7 cm³/mol. The summed E-state index contributed by atoms with van der Waals surface area (Å²) >= 11 is 0. The zero-order valence-corrected chi connectivity index (χ0v) is 7.40. The van der Waals surface area contributed by atoms with Crippen LogP contribution in [-0.2, 0) is 0 Å². The van der Waals surface area contributed by atoms with Crippen molar-refractivity contribution >= 4 is 12.0 Å². The Morgan fingerprint density at radius 3 is 2.69 bits per heavy atom. The molecule has 0 saturated heterocycles. The maximum absolute atomic E-state index is 8.24. The van der Waals surface area contributed by atoms with Crippen molar-refractivity contribution in [3.8, 4) is 5.75 Å². The van der Waals surface area contributed by atoms with E-state index in [9.17, 15) is 0 Å². The van der Waals surface area contributed by atoms with Crippen LogP contribution < -0.4 is 10.2 Å². The van der Waals surface area contributed by atoms with Crippen molar-refractivity contribution in [2.75, 3.05) is 6.61 Å². The van der Waals surface area contributed by atoms with Gasteiger partial charge in [-0.3, -0.25) is 10.7 Å². The SMILES string of the molecule is CCOc1ccc(N=CNO)cc1. The number of nitrogens with zero attached hydrogens (tertiary/aromatic N) is 1. The molecule has 0 fully saturated rings. The number of hydrogen-bond donors (Lipinski definition) is 2. The molecular formula is C9H12N2O2. The first-order chi connectivity index (χ1) is 6.36. The van der Waals surface area contributed by atoms with Crippen molar-refractivity contribution in [1.29, 1.82) is 0 Å². The number of benzene rings is 1. The van der Waals surface area contributed by atoms with Crippen LogP contribution in [-0.4, -0.2) is 18.2 Å². The summed E-state index contributed by atoms with van der Waals surface area (Å²) in [5.41, 5.74) is 2.59. The monoisotopic (exact) mass is 180 g/mol. The van der Waals surface area contributed by atoms with Crippen molar-refractivity contribution in [1.82, 2.24) is 5.48 Å². The minimum atomic E-state index is 0.654. The Kier molecular flexibility index (Phi) is 3.78. The Labute approximate surface area is 76.8 Å². The molecule has 1 aromatic carbocycles. The third-order valence-corrected chi connectivity index (χ3v) is 1.42. The van der Waals surface area contributed by atoms with E-state index in [4.69, 9.17) is 9.94 Å². The standard InChI is InChI=1S/C9H12N2O2/c1-2-13-9-5-3-8(4-6-9)10-7-11-12/h3-7,12H,2H2,1H3,(H,10,11). The van der Waals surface area contributed by atoms with Gasteiger partial charge in [-0.2, -0.15) is 0 Å². The molecule has 2 N–H and O–H groups in total. The maximum Gasteiger partial charge on any atom is 0.119 e. The lowest BCUT2D eigenvalue weighted by Gasteiger charge is -2.01. The van der Waals surface area contributed by atoms with Crippen molar-refractivity contribution in [2.24, 2.45) is 4.99 Å². The van der Waals surface area contributed by atoms with Gasteiger partial charge in [-0.05, 0) is 31.2 Å². The highest BCUT2D eigenvalue weighted by Gasteiger charge is 1.91. The average molecular weight is 180 g/mol. The average Bonchev–Trinajstić information content (AvgIpc) is 2.17. The third-order valence-electron chi connectivity index (χ3n) is 1.42. The van der Waals surface area contributed by atoms with Gasteiger partial charge in [0.2, 0.25) is 0 Å². The van der Waals surface area contributed by atoms with Crippen molar-refractivity contribution < 1.29 is 9.94 Å². The number of aliphatic imine (C=N–C) groups is 1. The summed E-state index contributed by atoms with van der Waals surface area (Å²) in [7, 11) is 0. The molecule has 0 unspecified atom stereocenters. The highest BCUT2D eigenvalue weighted by Crippen LogP contribution is 2.17. The highest BCUT2D eigenvalue weighted by molar-refractivity contribution is 5.59. The lowest BCUT2D eigenvalue weighted by Crippen LogP contribution is -2.00. The van der Waals surface area contributed by atoms with Gasteiger partial charge in [0.05, 0.1) is 12.3 Å². The fraction of sp³-hybridized carbons (Fsp3) is 0.222. The molecule has 0 amide bonds. The van der Waals surface area contributed by atoms with E-state index in [-0.39, 0.29) is 0 Å². The molecular weight excluding hydrogens is 168 g/mol. The van der Waals surface area contributed by atoms with Crippen LogP contribution in [0.5, 0.6) is 5.75 Å². The van der Waals surface area contributed by atoms with Gasteiger partial charge in [-0.25, -0.2) is 4.99 Å². The lowest BCUT2D eigenvalue weighted by molar-refractivity contribution is 0.240. The Bertz CT molecular complexity index is 269. The summed E-state index contributed by atoms with van der Waals surface area (Å²) in [5.74, 6) is 0.818. The molecule has 0 aliphatic rings. The predicted octanol–water partition coefficient (Wildman–Crippen LogP) is 1.72. The second kappa shape index (κ2) is 5.16. The van der Waals surface area contributed by atoms with E-state index in [1.807, 2.05) is 24.5 Å². The van der Waals surface area contributed by atoms with Crippen LogP contribution in [0.4, 0.5) is 5.69 Å². The van der Waals surface area contributed by atoms with E-state index in [1.54, 1.807) is 12.1 Å². The van der Waals surface area contributed by atoms with Crippen LogP contribution in [0, 0.1) is 0 Å². The molecule has 1 rings (SSSR count). The third kappa shape index (κ3) is 3.13. The van der Waals surface area contributed by atoms with Crippen LogP contribution >= 0.6 is 0 Å². The fourth-order valence-electron chi connectivity index (χ4n) is 0.898. The molecule has 4 heteroatoms. The number of ether oxygens (including phenoxy) is 1. The molecule has 1 aromatic rings. The van der Waals surface area contributed by atoms with E-state index in [1.165, 1.54) is 6.34 Å². The quantitative estimate of drug-likeness (QED) is 0.421. The number of nitrogens with one attached hydrogen (secondary N) is 1. The molecule has 4 nitrogen and oxygen atoms in total. The molecule has 70 valence electrons. The van der Waals surface area contributed by atoms with Gasteiger partial charge in [0, 0.05) is 0 Å². The van der Waals surface area contributed by atoms with Crippen LogP contribution in [0.3, 0.4) is 0 Å². The first-order valence-corrected chi connectivity index (χ1v) is 4.02. The van der Waals surface area contributed by atoms with Gasteiger partial charge in [0.1, 0.15) is 12.1 Å². The topological polar surface area (TPSA) is 53.8 Å². The minimum absolute atomic E-state index is 0.654. The summed E-state index contributed by atoms with van der Waals surface area (Å²) < 4.78 is 5.25. The molecule has 0 atom stereocenters. The largest absolute Gasteiger partial charge is 0.494 e. The van der Waals surface area contributed by atoms with Crippen LogP contribution in [0.25, 0.3) is 0 Å². The van der Waals surface area contributed by atoms with Gasteiger partial charge in [-0.1, -0.05) is 0 Å². The Hall–Kier alpha value is -1.55. The molecule has 13 heavy (non-hydrogen) atoms. The van der Waals surface area contributed by atoms with Crippen LogP contribution in [0.15, 0.2) is 29.3 Å². The molecule has 0 aliphatic heterocycles. The van der Waals surface area contributed by atoms with Gasteiger partial charge >= 0.3 is 0 Å². The maximum atomic E-state index is 8.24. The molecule has 0 spiro atoms. The fourth-order valence-corrected chi connectivity index (χ4v) is 0.898. The summed E-state index contributed by atoms with van der Waals surface area (Å²) in [4.78, 5) is 3.88. The highest BCUT2D eigenvalue weighted by atomic mass is 16.5. The summed E-state index contributed by atoms with van der Waals surface area (Å²) in [6.07, 6.45) is 1.20. The number of hydroxylamine groups is 1. The van der Waals surface area contributed by atoms with E-state index in [2.05, 4.69) is 4.99 Å². The molecule has 0 aromatic heterocycles. The Morgan fingerprint density at radius 2 is 2.15 bits per heavy atom. The second-order valence-corrected chi connectivity index (χ2v) is 2.31. The summed E-state index contributed by atoms with van der Waals surface area (Å²) in [5, 5.41) is 8.24. The first kappa shape index (κ1) is 9.54. The zero-order valence-electron chi connectivity index (χ0n) is 7.40. The second-order valence-electron chi connectivity index (χ2n) is 2.31. The van der Waals surface area contributed by atoms with E-state index in [0.717, 1.165) is 11.4 Å². The molecule has 0 aliphatic carbocycles. The number of hydrogen-bond acceptors (Lipinski definition) is 3. The minimum Gasteiger partial charge on any atom is -0.494 e. The first-order valence-electron chi connectivity index (χ1n) is 4.02. The van der Waals surface area contributed by atoms with Gasteiger partial charge < -0.3 is 4.74 Å². The molecule has 0 heterocycles. The summed E-state index contributed by atoms with van der Waals surface area (Å²) in [6.45, 7) is 2.59. The molecule has 0 saturated carbocycles. The normalized spacial score (nSPS) is 10.3. The van der Waals surface area contributed by atoms with Crippen LogP contribution in [0.1, 0.15) is 6.92 Å². The molecule has 0 bridgehead atoms. The smallest absolute Gasteiger partial charge is 0.119 e. The lowest BCUT2D eigenvalue weighted by atomic mass is 10.3. The van der Waals surface area contributed by atoms with Crippen LogP contribution in [0.2, 0.25) is 0 Å². The van der Waals surface area contributed by atoms with Gasteiger partial charge in [0.15, 0.2) is 0 Å². The number of rotatable bonds is 4. The zero-order chi connectivity index (χ0) is 9.52. The van der Waals surface area contributed by atoms with Gasteiger partial charge in [-0.15, -0.1) is 0 Å². The van der Waals surface area contributed by atoms with E-state index < -0.39 is 0 Å². The Balaban J connectivity index is 2.64. The van der Waals surface area contributed by atoms with Crippen molar-refractivity contribution in [3.05, 3.63) is 24.3 Å².